The molecular formula is C11H20Cl2N4. The van der Waals surface area contributed by atoms with Gasteiger partial charge in [0.25, 0.3) is 0 Å². The van der Waals surface area contributed by atoms with E-state index in [-0.39, 0.29) is 5.54 Å². The van der Waals surface area contributed by atoms with Crippen molar-refractivity contribution in [3.63, 3.8) is 0 Å². The largest absolute Gasteiger partial charge is 0.302 e. The third-order valence-corrected chi connectivity index (χ3v) is 3.96. The summed E-state index contributed by atoms with van der Waals surface area (Å²) in [4.78, 5) is 4.24. The van der Waals surface area contributed by atoms with Crippen LogP contribution >= 0.6 is 23.2 Å². The topological polar surface area (TPSA) is 42.7 Å². The van der Waals surface area contributed by atoms with E-state index in [0.29, 0.717) is 18.3 Å². The van der Waals surface area contributed by atoms with Crippen molar-refractivity contribution in [1.29, 1.82) is 0 Å². The Morgan fingerprint density at radius 1 is 1.35 bits per heavy atom. The first-order valence-electron chi connectivity index (χ1n) is 5.95. The molecule has 0 radical (unpaired) electrons. The third kappa shape index (κ3) is 3.83. The number of aromatic nitrogens is 3. The average molecular weight is 279 g/mol. The molecule has 4 nitrogen and oxygen atoms in total. The molecule has 0 unspecified atom stereocenters. The highest BCUT2D eigenvalue weighted by Crippen LogP contribution is 2.15. The van der Waals surface area contributed by atoms with Crippen molar-refractivity contribution >= 4 is 23.2 Å². The van der Waals surface area contributed by atoms with Crippen molar-refractivity contribution in [2.75, 3.05) is 11.8 Å². The fourth-order valence-corrected chi connectivity index (χ4v) is 2.39. The van der Waals surface area contributed by atoms with Crippen LogP contribution in [0.3, 0.4) is 0 Å². The smallest absolute Gasteiger partial charge is 0.140 e. The van der Waals surface area contributed by atoms with E-state index in [9.17, 15) is 0 Å². The van der Waals surface area contributed by atoms with Gasteiger partial charge in [-0.1, -0.05) is 13.8 Å². The maximum absolute atomic E-state index is 5.98. The summed E-state index contributed by atoms with van der Waals surface area (Å²) < 4.78 is 1.91. The first-order chi connectivity index (χ1) is 8.21. The molecule has 0 aliphatic heterocycles. The van der Waals surface area contributed by atoms with Crippen LogP contribution in [-0.2, 0) is 13.1 Å². The Morgan fingerprint density at radius 3 is 2.59 bits per heavy atom. The van der Waals surface area contributed by atoms with Gasteiger partial charge in [-0.15, -0.1) is 23.2 Å². The maximum Gasteiger partial charge on any atom is 0.140 e. The highest BCUT2D eigenvalue weighted by Gasteiger charge is 2.25. The zero-order valence-corrected chi connectivity index (χ0v) is 11.9. The van der Waals surface area contributed by atoms with Gasteiger partial charge in [0.1, 0.15) is 12.2 Å². The SMILES string of the molecule is CCCn1ncnc1CNC(CC)(CCl)CCl. The van der Waals surface area contributed by atoms with Crippen LogP contribution in [0, 0.1) is 0 Å². The second-order valence-electron chi connectivity index (χ2n) is 4.15. The minimum absolute atomic E-state index is 0.216. The predicted octanol–water partition coefficient (Wildman–Crippen LogP) is 2.40. The van der Waals surface area contributed by atoms with Gasteiger partial charge in [0.05, 0.1) is 6.54 Å². The number of rotatable bonds is 8. The second kappa shape index (κ2) is 7.19. The molecule has 98 valence electrons. The lowest BCUT2D eigenvalue weighted by Gasteiger charge is -2.29. The van der Waals surface area contributed by atoms with Gasteiger partial charge in [0, 0.05) is 23.8 Å². The monoisotopic (exact) mass is 278 g/mol. The third-order valence-electron chi connectivity index (χ3n) is 2.94. The summed E-state index contributed by atoms with van der Waals surface area (Å²) in [6, 6.07) is 0. The number of nitrogens with zero attached hydrogens (tertiary/aromatic N) is 3. The molecule has 0 aliphatic rings. The van der Waals surface area contributed by atoms with E-state index in [0.717, 1.165) is 25.2 Å². The summed E-state index contributed by atoms with van der Waals surface area (Å²) >= 11 is 12.0. The summed E-state index contributed by atoms with van der Waals surface area (Å²) in [7, 11) is 0. The van der Waals surface area contributed by atoms with Crippen molar-refractivity contribution in [3.05, 3.63) is 12.2 Å². The fourth-order valence-electron chi connectivity index (χ4n) is 1.53. The molecule has 1 aromatic rings. The quantitative estimate of drug-likeness (QED) is 0.743. The molecule has 1 aromatic heterocycles. The Kier molecular flexibility index (Phi) is 6.23. The van der Waals surface area contributed by atoms with E-state index < -0.39 is 0 Å². The number of alkyl halides is 2. The highest BCUT2D eigenvalue weighted by molar-refractivity contribution is 6.22. The van der Waals surface area contributed by atoms with Gasteiger partial charge in [-0.05, 0) is 12.8 Å². The molecule has 0 amide bonds. The Hall–Kier alpha value is -0.320. The van der Waals surface area contributed by atoms with E-state index in [2.05, 4.69) is 29.2 Å². The van der Waals surface area contributed by atoms with Crippen molar-refractivity contribution in [1.82, 2.24) is 20.1 Å². The molecule has 0 fully saturated rings. The molecule has 1 rings (SSSR count). The molecule has 0 saturated heterocycles. The summed E-state index contributed by atoms with van der Waals surface area (Å²) in [5.74, 6) is 1.92. The van der Waals surface area contributed by atoms with E-state index in [1.165, 1.54) is 0 Å². The second-order valence-corrected chi connectivity index (χ2v) is 4.69. The van der Waals surface area contributed by atoms with Crippen LogP contribution in [0.4, 0.5) is 0 Å². The lowest BCUT2D eigenvalue weighted by Crippen LogP contribution is -2.48. The Morgan fingerprint density at radius 2 is 2.06 bits per heavy atom. The number of aryl methyl sites for hydroxylation is 1. The lowest BCUT2D eigenvalue weighted by molar-refractivity contribution is 0.373. The fraction of sp³-hybridized carbons (Fsp3) is 0.818. The zero-order chi connectivity index (χ0) is 12.7. The molecular weight excluding hydrogens is 259 g/mol. The summed E-state index contributed by atoms with van der Waals surface area (Å²) in [6.07, 6.45) is 3.52. The van der Waals surface area contributed by atoms with Crippen LogP contribution in [0.5, 0.6) is 0 Å². The number of hydrogen-bond donors (Lipinski definition) is 1. The van der Waals surface area contributed by atoms with E-state index in [1.54, 1.807) is 6.33 Å². The predicted molar refractivity (Wildman–Crippen MR) is 71.6 cm³/mol. The van der Waals surface area contributed by atoms with Crippen molar-refractivity contribution in [3.8, 4) is 0 Å². The Bertz CT molecular complexity index is 315. The van der Waals surface area contributed by atoms with E-state index in [1.807, 2.05) is 4.68 Å². The summed E-state index contributed by atoms with van der Waals surface area (Å²) in [6.45, 7) is 5.73. The minimum atomic E-state index is -0.216. The molecule has 17 heavy (non-hydrogen) atoms. The minimum Gasteiger partial charge on any atom is -0.302 e. The van der Waals surface area contributed by atoms with Gasteiger partial charge >= 0.3 is 0 Å². The van der Waals surface area contributed by atoms with Crippen LogP contribution in [0.1, 0.15) is 32.5 Å². The van der Waals surface area contributed by atoms with Gasteiger partial charge in [-0.3, -0.25) is 0 Å². The standard InChI is InChI=1S/C11H20Cl2N4/c1-3-5-17-10(14-9-16-17)6-15-11(4-2,7-12)8-13/h9,15H,3-8H2,1-2H3. The van der Waals surface area contributed by atoms with Crippen LogP contribution in [0.25, 0.3) is 0 Å². The molecule has 0 bridgehead atoms. The van der Waals surface area contributed by atoms with Crippen molar-refractivity contribution in [2.45, 2.75) is 45.3 Å². The van der Waals surface area contributed by atoms with Crippen LogP contribution in [0.15, 0.2) is 6.33 Å². The van der Waals surface area contributed by atoms with Crippen molar-refractivity contribution in [2.24, 2.45) is 0 Å². The lowest BCUT2D eigenvalue weighted by atomic mass is 10.0. The van der Waals surface area contributed by atoms with Crippen LogP contribution in [-0.4, -0.2) is 32.1 Å². The first kappa shape index (κ1) is 14.7. The molecule has 0 spiro atoms. The van der Waals surface area contributed by atoms with Crippen LogP contribution < -0.4 is 5.32 Å². The Balaban J connectivity index is 2.62. The molecule has 1 N–H and O–H groups in total. The number of nitrogens with one attached hydrogen (secondary N) is 1. The average Bonchev–Trinajstić information content (AvgIpc) is 2.80. The number of halogens is 2. The van der Waals surface area contributed by atoms with E-state index in [4.69, 9.17) is 23.2 Å². The normalized spacial score (nSPS) is 12.0. The molecule has 0 saturated carbocycles. The molecule has 0 aliphatic carbocycles. The van der Waals surface area contributed by atoms with E-state index >= 15 is 0 Å². The van der Waals surface area contributed by atoms with Gasteiger partial charge in [0.2, 0.25) is 0 Å². The van der Waals surface area contributed by atoms with Gasteiger partial charge < -0.3 is 5.32 Å². The summed E-state index contributed by atoms with van der Waals surface area (Å²) in [5, 5.41) is 7.58. The molecule has 0 aromatic carbocycles. The van der Waals surface area contributed by atoms with Gasteiger partial charge in [-0.25, -0.2) is 9.67 Å². The first-order valence-corrected chi connectivity index (χ1v) is 7.02. The van der Waals surface area contributed by atoms with Crippen molar-refractivity contribution < 1.29 is 0 Å². The highest BCUT2D eigenvalue weighted by atomic mass is 35.5. The van der Waals surface area contributed by atoms with Crippen LogP contribution in [0.2, 0.25) is 0 Å². The molecule has 0 atom stereocenters. The maximum atomic E-state index is 5.98. The van der Waals surface area contributed by atoms with Gasteiger partial charge in [-0.2, -0.15) is 5.10 Å². The Labute approximate surface area is 113 Å². The number of hydrogen-bond acceptors (Lipinski definition) is 3. The van der Waals surface area contributed by atoms with Gasteiger partial charge in [0.15, 0.2) is 0 Å². The zero-order valence-electron chi connectivity index (χ0n) is 10.4. The molecule has 6 heteroatoms. The molecule has 1 heterocycles. The summed E-state index contributed by atoms with van der Waals surface area (Å²) in [5.41, 5.74) is -0.216.